The minimum atomic E-state index is -0.340. The van der Waals surface area contributed by atoms with Crippen molar-refractivity contribution < 1.29 is 4.79 Å². The molecule has 3 heterocycles. The maximum atomic E-state index is 12.6. The van der Waals surface area contributed by atoms with Crippen molar-refractivity contribution in [1.29, 1.82) is 0 Å². The average Bonchev–Trinajstić information content (AvgIpc) is 3.14. The summed E-state index contributed by atoms with van der Waals surface area (Å²) in [7, 11) is 0. The molecule has 0 saturated heterocycles. The fourth-order valence-corrected chi connectivity index (χ4v) is 4.03. The molecule has 25 heavy (non-hydrogen) atoms. The Morgan fingerprint density at radius 3 is 2.56 bits per heavy atom. The summed E-state index contributed by atoms with van der Waals surface area (Å²) in [6, 6.07) is 10.3. The molecular formula is C20H25N3OS. The van der Waals surface area contributed by atoms with Gasteiger partial charge in [-0.3, -0.25) is 14.1 Å². The number of fused-ring (bicyclic) bond motifs is 1. The Kier molecular flexibility index (Phi) is 4.69. The van der Waals surface area contributed by atoms with Gasteiger partial charge in [0.15, 0.2) is 0 Å². The highest BCUT2D eigenvalue weighted by Crippen LogP contribution is 2.38. The summed E-state index contributed by atoms with van der Waals surface area (Å²) in [5.74, 6) is 0.903. The van der Waals surface area contributed by atoms with Crippen LogP contribution < -0.4 is 4.90 Å². The van der Waals surface area contributed by atoms with Crippen LogP contribution in [0.5, 0.6) is 0 Å². The van der Waals surface area contributed by atoms with Crippen LogP contribution >= 0.6 is 11.3 Å². The SMILES string of the molecule is CCCc1cccc2nc(-c3cccs3)c(N(C(C)=O)C(C)(C)C)n12. The molecule has 3 aromatic heterocycles. The number of amides is 1. The fourth-order valence-electron chi connectivity index (χ4n) is 3.32. The molecule has 0 aliphatic heterocycles. The second kappa shape index (κ2) is 6.64. The number of nitrogens with zero attached hydrogens (tertiary/aromatic N) is 3. The van der Waals surface area contributed by atoms with Crippen LogP contribution in [0.2, 0.25) is 0 Å². The van der Waals surface area contributed by atoms with Gasteiger partial charge in [0.2, 0.25) is 5.91 Å². The van der Waals surface area contributed by atoms with Crippen LogP contribution in [0.4, 0.5) is 5.82 Å². The van der Waals surface area contributed by atoms with Gasteiger partial charge in [-0.15, -0.1) is 11.3 Å². The molecule has 0 radical (unpaired) electrons. The van der Waals surface area contributed by atoms with Gasteiger partial charge in [-0.2, -0.15) is 0 Å². The first-order chi connectivity index (χ1) is 11.8. The van der Waals surface area contributed by atoms with Crippen LogP contribution in [0, 0.1) is 0 Å². The van der Waals surface area contributed by atoms with E-state index < -0.39 is 0 Å². The molecule has 0 N–H and O–H groups in total. The molecule has 4 nitrogen and oxygen atoms in total. The van der Waals surface area contributed by atoms with E-state index in [1.807, 2.05) is 28.5 Å². The van der Waals surface area contributed by atoms with E-state index in [4.69, 9.17) is 4.98 Å². The molecule has 0 aromatic carbocycles. The lowest BCUT2D eigenvalue weighted by molar-refractivity contribution is -0.117. The van der Waals surface area contributed by atoms with Crippen molar-refractivity contribution >= 4 is 28.7 Å². The van der Waals surface area contributed by atoms with Crippen LogP contribution in [-0.4, -0.2) is 20.8 Å². The molecule has 132 valence electrons. The number of aryl methyl sites for hydroxylation is 1. The van der Waals surface area contributed by atoms with Gasteiger partial charge in [-0.1, -0.05) is 25.5 Å². The molecule has 0 unspecified atom stereocenters. The molecule has 0 aliphatic carbocycles. The highest BCUT2D eigenvalue weighted by molar-refractivity contribution is 7.13. The largest absolute Gasteiger partial charge is 0.291 e. The van der Waals surface area contributed by atoms with Gasteiger partial charge in [0.25, 0.3) is 0 Å². The lowest BCUT2D eigenvalue weighted by atomic mass is 10.1. The van der Waals surface area contributed by atoms with Crippen molar-refractivity contribution in [2.24, 2.45) is 0 Å². The van der Waals surface area contributed by atoms with E-state index in [1.165, 1.54) is 5.69 Å². The van der Waals surface area contributed by atoms with E-state index in [9.17, 15) is 4.79 Å². The standard InChI is InChI=1S/C20H25N3OS/c1-6-9-15-10-7-12-17-21-18(16-11-8-13-25-16)19(22(15)17)23(14(2)24)20(3,4)5/h7-8,10-13H,6,9H2,1-5H3. The number of pyridine rings is 1. The van der Waals surface area contributed by atoms with Crippen molar-refractivity contribution in [3.63, 3.8) is 0 Å². The maximum absolute atomic E-state index is 12.6. The van der Waals surface area contributed by atoms with Crippen molar-refractivity contribution in [2.45, 2.75) is 53.0 Å². The van der Waals surface area contributed by atoms with Gasteiger partial charge in [0.05, 0.1) is 4.88 Å². The molecule has 0 saturated carbocycles. The van der Waals surface area contributed by atoms with Crippen LogP contribution in [0.3, 0.4) is 0 Å². The lowest BCUT2D eigenvalue weighted by Crippen LogP contribution is -2.45. The Hall–Kier alpha value is -2.14. The van der Waals surface area contributed by atoms with Gasteiger partial charge in [0.1, 0.15) is 17.2 Å². The summed E-state index contributed by atoms with van der Waals surface area (Å²) < 4.78 is 2.16. The smallest absolute Gasteiger partial charge is 0.225 e. The number of carbonyl (C=O) groups excluding carboxylic acids is 1. The van der Waals surface area contributed by atoms with Gasteiger partial charge in [-0.05, 0) is 50.8 Å². The Morgan fingerprint density at radius 1 is 1.24 bits per heavy atom. The monoisotopic (exact) mass is 355 g/mol. The van der Waals surface area contributed by atoms with Gasteiger partial charge >= 0.3 is 0 Å². The number of thiophene rings is 1. The van der Waals surface area contributed by atoms with Gasteiger partial charge in [0, 0.05) is 18.2 Å². The molecule has 0 atom stereocenters. The number of hydrogen-bond donors (Lipinski definition) is 0. The van der Waals surface area contributed by atoms with Gasteiger partial charge in [-0.25, -0.2) is 4.98 Å². The molecule has 0 fully saturated rings. The van der Waals surface area contributed by atoms with Crippen molar-refractivity contribution in [3.8, 4) is 10.6 Å². The van der Waals surface area contributed by atoms with Crippen LogP contribution in [0.25, 0.3) is 16.2 Å². The molecular weight excluding hydrogens is 330 g/mol. The zero-order chi connectivity index (χ0) is 18.2. The summed E-state index contributed by atoms with van der Waals surface area (Å²) in [5, 5.41) is 2.05. The van der Waals surface area contributed by atoms with E-state index in [0.29, 0.717) is 0 Å². The van der Waals surface area contributed by atoms with Crippen molar-refractivity contribution in [1.82, 2.24) is 9.38 Å². The third kappa shape index (κ3) is 3.21. The third-order valence-corrected chi connectivity index (χ3v) is 5.03. The van der Waals surface area contributed by atoms with Crippen LogP contribution in [0.15, 0.2) is 35.7 Å². The predicted molar refractivity (Wildman–Crippen MR) is 105 cm³/mol. The number of rotatable bonds is 4. The zero-order valence-corrected chi connectivity index (χ0v) is 16.4. The maximum Gasteiger partial charge on any atom is 0.225 e. The highest BCUT2D eigenvalue weighted by Gasteiger charge is 2.32. The van der Waals surface area contributed by atoms with E-state index in [-0.39, 0.29) is 11.4 Å². The van der Waals surface area contributed by atoms with E-state index in [2.05, 4.69) is 44.2 Å². The minimum absolute atomic E-state index is 0.0263. The fraction of sp³-hybridized carbons (Fsp3) is 0.400. The first-order valence-corrected chi connectivity index (χ1v) is 9.57. The van der Waals surface area contributed by atoms with E-state index in [1.54, 1.807) is 18.3 Å². The Morgan fingerprint density at radius 2 is 2.00 bits per heavy atom. The molecule has 1 amide bonds. The van der Waals surface area contributed by atoms with Crippen molar-refractivity contribution in [2.75, 3.05) is 4.90 Å². The molecule has 0 bridgehead atoms. The lowest BCUT2D eigenvalue weighted by Gasteiger charge is -2.35. The first kappa shape index (κ1) is 17.7. The Bertz CT molecular complexity index is 888. The van der Waals surface area contributed by atoms with Crippen molar-refractivity contribution in [3.05, 3.63) is 41.4 Å². The molecule has 3 aromatic rings. The van der Waals surface area contributed by atoms with E-state index >= 15 is 0 Å². The highest BCUT2D eigenvalue weighted by atomic mass is 32.1. The third-order valence-electron chi connectivity index (χ3n) is 4.16. The number of carbonyl (C=O) groups is 1. The number of aromatic nitrogens is 2. The van der Waals surface area contributed by atoms with E-state index in [0.717, 1.165) is 34.9 Å². The predicted octanol–water partition coefficient (Wildman–Crippen LogP) is 5.17. The number of anilines is 1. The summed E-state index contributed by atoms with van der Waals surface area (Å²) in [6.07, 6.45) is 1.99. The molecule has 0 aliphatic rings. The second-order valence-corrected chi connectivity index (χ2v) is 8.19. The molecule has 5 heteroatoms. The summed E-state index contributed by atoms with van der Waals surface area (Å²) in [5.41, 5.74) is 2.61. The normalized spacial score (nSPS) is 11.9. The first-order valence-electron chi connectivity index (χ1n) is 8.69. The zero-order valence-electron chi connectivity index (χ0n) is 15.5. The number of hydrogen-bond acceptors (Lipinski definition) is 3. The summed E-state index contributed by atoms with van der Waals surface area (Å²) in [6.45, 7) is 9.99. The number of imidazole rings is 1. The van der Waals surface area contributed by atoms with Crippen LogP contribution in [-0.2, 0) is 11.2 Å². The average molecular weight is 356 g/mol. The quantitative estimate of drug-likeness (QED) is 0.648. The minimum Gasteiger partial charge on any atom is -0.291 e. The summed E-state index contributed by atoms with van der Waals surface area (Å²) >= 11 is 1.65. The summed E-state index contributed by atoms with van der Waals surface area (Å²) in [4.78, 5) is 20.5. The topological polar surface area (TPSA) is 37.6 Å². The molecule has 3 rings (SSSR count). The van der Waals surface area contributed by atoms with Gasteiger partial charge < -0.3 is 0 Å². The Balaban J connectivity index is 2.40. The Labute approximate surface area is 153 Å². The second-order valence-electron chi connectivity index (χ2n) is 7.25. The molecule has 0 spiro atoms. The van der Waals surface area contributed by atoms with Crippen LogP contribution in [0.1, 0.15) is 46.7 Å².